The van der Waals surface area contributed by atoms with Gasteiger partial charge in [0.15, 0.2) is 4.47 Å². The van der Waals surface area contributed by atoms with E-state index >= 15 is 0 Å². The Labute approximate surface area is 141 Å². The van der Waals surface area contributed by atoms with E-state index in [4.69, 9.17) is 27.9 Å². The van der Waals surface area contributed by atoms with Crippen LogP contribution in [0.2, 0.25) is 9.62 Å². The number of halogens is 2. The maximum Gasteiger partial charge on any atom is 0.230 e. The molecule has 1 atom stereocenters. The van der Waals surface area contributed by atoms with E-state index in [0.717, 1.165) is 21.9 Å². The first-order valence-electron chi connectivity index (χ1n) is 6.39. The number of ether oxygens (including phenoxy) is 1. The van der Waals surface area contributed by atoms with Crippen LogP contribution in [0.15, 0.2) is 29.4 Å². The Bertz CT molecular complexity index is 730. The van der Waals surface area contributed by atoms with E-state index in [1.54, 1.807) is 7.11 Å². The maximum atomic E-state index is 11.3. The van der Waals surface area contributed by atoms with Gasteiger partial charge in [0.2, 0.25) is 6.41 Å². The molecule has 114 valence electrons. The van der Waals surface area contributed by atoms with Gasteiger partial charge in [0.25, 0.3) is 0 Å². The molecule has 1 aliphatic rings. The highest BCUT2D eigenvalue weighted by Gasteiger charge is 2.32. The van der Waals surface area contributed by atoms with Crippen LogP contribution < -0.4 is 4.74 Å². The van der Waals surface area contributed by atoms with Crippen LogP contribution in [-0.4, -0.2) is 29.2 Å². The highest BCUT2D eigenvalue weighted by Crippen LogP contribution is 2.40. The van der Waals surface area contributed by atoms with Crippen molar-refractivity contribution in [1.29, 1.82) is 0 Å². The number of hydrogen-bond acceptors (Lipinski definition) is 5. The number of nitrogens with zero attached hydrogens (tertiary/aromatic N) is 3. The minimum Gasteiger partial charge on any atom is -0.497 e. The van der Waals surface area contributed by atoms with Crippen molar-refractivity contribution in [1.82, 2.24) is 9.99 Å². The number of benzene rings is 1. The third-order valence-electron chi connectivity index (χ3n) is 3.36. The van der Waals surface area contributed by atoms with Gasteiger partial charge in [0.05, 0.1) is 23.7 Å². The molecule has 0 radical (unpaired) electrons. The molecule has 3 rings (SSSR count). The first kappa shape index (κ1) is 15.3. The van der Waals surface area contributed by atoms with Gasteiger partial charge in [-0.05, 0) is 29.8 Å². The van der Waals surface area contributed by atoms with E-state index in [-0.39, 0.29) is 6.04 Å². The molecule has 1 aromatic carbocycles. The molecule has 0 spiro atoms. The van der Waals surface area contributed by atoms with Crippen LogP contribution in [0.25, 0.3) is 0 Å². The second-order valence-electron chi connectivity index (χ2n) is 4.60. The van der Waals surface area contributed by atoms with E-state index < -0.39 is 0 Å². The van der Waals surface area contributed by atoms with Crippen LogP contribution in [0.3, 0.4) is 0 Å². The SMILES string of the molecule is COc1ccc(C2=NN(C=O)C(c3sc(Cl)nc3Cl)C2)cc1. The van der Waals surface area contributed by atoms with Gasteiger partial charge in [-0.2, -0.15) is 5.10 Å². The lowest BCUT2D eigenvalue weighted by atomic mass is 10.0. The molecule has 1 unspecified atom stereocenters. The van der Waals surface area contributed by atoms with Crippen LogP contribution in [0.4, 0.5) is 0 Å². The summed E-state index contributed by atoms with van der Waals surface area (Å²) >= 11 is 13.2. The van der Waals surface area contributed by atoms with Crippen molar-refractivity contribution in [3.8, 4) is 5.75 Å². The van der Waals surface area contributed by atoms with Gasteiger partial charge in [-0.1, -0.05) is 23.2 Å². The minimum atomic E-state index is -0.271. The predicted molar refractivity (Wildman–Crippen MR) is 86.9 cm³/mol. The fraction of sp³-hybridized carbons (Fsp3) is 0.214. The van der Waals surface area contributed by atoms with Crippen molar-refractivity contribution in [2.24, 2.45) is 5.10 Å². The zero-order valence-corrected chi connectivity index (χ0v) is 13.8. The van der Waals surface area contributed by atoms with Gasteiger partial charge in [-0.3, -0.25) is 4.79 Å². The lowest BCUT2D eigenvalue weighted by molar-refractivity contribution is -0.119. The fourth-order valence-corrected chi connectivity index (χ4v) is 3.82. The molecule has 1 amide bonds. The molecule has 1 aliphatic heterocycles. The third-order valence-corrected chi connectivity index (χ3v) is 5.02. The summed E-state index contributed by atoms with van der Waals surface area (Å²) in [5.74, 6) is 0.767. The van der Waals surface area contributed by atoms with E-state index in [9.17, 15) is 4.79 Å². The summed E-state index contributed by atoms with van der Waals surface area (Å²) in [6.07, 6.45) is 1.24. The Morgan fingerprint density at radius 3 is 2.64 bits per heavy atom. The molecule has 0 N–H and O–H groups in total. The molecule has 0 saturated carbocycles. The Morgan fingerprint density at radius 2 is 2.09 bits per heavy atom. The molecule has 0 aliphatic carbocycles. The van der Waals surface area contributed by atoms with E-state index in [2.05, 4.69) is 10.1 Å². The normalized spacial score (nSPS) is 17.5. The number of amides is 1. The highest BCUT2D eigenvalue weighted by atomic mass is 35.5. The fourth-order valence-electron chi connectivity index (χ4n) is 2.29. The Balaban J connectivity index is 1.89. The van der Waals surface area contributed by atoms with Gasteiger partial charge in [0, 0.05) is 6.42 Å². The second-order valence-corrected chi connectivity index (χ2v) is 6.57. The maximum absolute atomic E-state index is 11.3. The van der Waals surface area contributed by atoms with Crippen LogP contribution in [0.5, 0.6) is 5.75 Å². The van der Waals surface area contributed by atoms with Gasteiger partial charge in [-0.25, -0.2) is 9.99 Å². The first-order chi connectivity index (χ1) is 10.6. The van der Waals surface area contributed by atoms with E-state index in [1.165, 1.54) is 16.3 Å². The number of aromatic nitrogens is 1. The van der Waals surface area contributed by atoms with Crippen LogP contribution in [0.1, 0.15) is 22.9 Å². The molecule has 2 heterocycles. The molecule has 0 fully saturated rings. The monoisotopic (exact) mass is 355 g/mol. The summed E-state index contributed by atoms with van der Waals surface area (Å²) in [6.45, 7) is 0. The van der Waals surface area contributed by atoms with E-state index in [1.807, 2.05) is 24.3 Å². The summed E-state index contributed by atoms with van der Waals surface area (Å²) in [5.41, 5.74) is 1.74. The lowest BCUT2D eigenvalue weighted by Crippen LogP contribution is -2.16. The molecule has 22 heavy (non-hydrogen) atoms. The van der Waals surface area contributed by atoms with Gasteiger partial charge >= 0.3 is 0 Å². The molecular weight excluding hydrogens is 345 g/mol. The second kappa shape index (κ2) is 6.24. The predicted octanol–water partition coefficient (Wildman–Crippen LogP) is 3.77. The number of rotatable bonds is 4. The van der Waals surface area contributed by atoms with Crippen LogP contribution >= 0.6 is 34.5 Å². The Morgan fingerprint density at radius 1 is 1.36 bits per heavy atom. The summed E-state index contributed by atoms with van der Waals surface area (Å²) < 4.78 is 5.49. The van der Waals surface area contributed by atoms with E-state index in [0.29, 0.717) is 22.5 Å². The first-order valence-corrected chi connectivity index (χ1v) is 7.97. The average Bonchev–Trinajstić information content (AvgIpc) is 3.10. The molecule has 2 aromatic rings. The van der Waals surface area contributed by atoms with Crippen molar-refractivity contribution in [3.63, 3.8) is 0 Å². The van der Waals surface area contributed by atoms with Crippen molar-refractivity contribution in [2.45, 2.75) is 12.5 Å². The minimum absolute atomic E-state index is 0.271. The molecule has 5 nitrogen and oxygen atoms in total. The zero-order chi connectivity index (χ0) is 15.7. The number of methoxy groups -OCH3 is 1. The van der Waals surface area contributed by atoms with Gasteiger partial charge < -0.3 is 4.74 Å². The molecule has 0 saturated heterocycles. The average molecular weight is 356 g/mol. The molecule has 1 aromatic heterocycles. The van der Waals surface area contributed by atoms with Gasteiger partial charge in [0.1, 0.15) is 10.9 Å². The van der Waals surface area contributed by atoms with Crippen molar-refractivity contribution < 1.29 is 9.53 Å². The largest absolute Gasteiger partial charge is 0.497 e. The Hall–Kier alpha value is -1.63. The van der Waals surface area contributed by atoms with Crippen molar-refractivity contribution in [3.05, 3.63) is 44.3 Å². The number of carbonyl (C=O) groups is 1. The van der Waals surface area contributed by atoms with Gasteiger partial charge in [-0.15, -0.1) is 11.3 Å². The number of hydrogen-bond donors (Lipinski definition) is 0. The zero-order valence-electron chi connectivity index (χ0n) is 11.5. The standard InChI is InChI=1S/C14H11Cl2N3O2S/c1-21-9-4-2-8(3-5-9)10-6-11(19(7-20)18-10)12-13(15)17-14(16)22-12/h2-5,7,11H,6H2,1H3. The number of hydrazone groups is 1. The highest BCUT2D eigenvalue weighted by molar-refractivity contribution is 7.16. The third kappa shape index (κ3) is 2.82. The topological polar surface area (TPSA) is 54.8 Å². The molecular formula is C14H11Cl2N3O2S. The van der Waals surface area contributed by atoms with Crippen molar-refractivity contribution >= 4 is 46.7 Å². The lowest BCUT2D eigenvalue weighted by Gasteiger charge is -2.14. The van der Waals surface area contributed by atoms with Crippen LogP contribution in [-0.2, 0) is 4.79 Å². The number of carbonyl (C=O) groups excluding carboxylic acids is 1. The summed E-state index contributed by atoms with van der Waals surface area (Å²) in [5, 5.41) is 6.03. The summed E-state index contributed by atoms with van der Waals surface area (Å²) in [4.78, 5) is 16.0. The number of thiazole rings is 1. The molecule has 8 heteroatoms. The smallest absolute Gasteiger partial charge is 0.230 e. The summed E-state index contributed by atoms with van der Waals surface area (Å²) in [6, 6.07) is 7.25. The van der Waals surface area contributed by atoms with Crippen molar-refractivity contribution in [2.75, 3.05) is 7.11 Å². The quantitative estimate of drug-likeness (QED) is 0.784. The van der Waals surface area contributed by atoms with Crippen LogP contribution in [0, 0.1) is 0 Å². The Kier molecular flexibility index (Phi) is 4.33. The summed E-state index contributed by atoms with van der Waals surface area (Å²) in [7, 11) is 1.61. The molecule has 0 bridgehead atoms.